The van der Waals surface area contributed by atoms with E-state index in [9.17, 15) is 79.0 Å². The van der Waals surface area contributed by atoms with Crippen LogP contribution in [0.4, 0.5) is 0 Å². The maximum atomic E-state index is 13.2. The summed E-state index contributed by atoms with van der Waals surface area (Å²) >= 11 is 0. The molecule has 29 heteroatoms. The van der Waals surface area contributed by atoms with Crippen LogP contribution in [0.2, 0.25) is 0 Å². The summed E-state index contributed by atoms with van der Waals surface area (Å²) in [5, 5.41) is 134. The Bertz CT molecular complexity index is 2370. The molecule has 12 N–H and O–H groups in total. The van der Waals surface area contributed by atoms with Crippen molar-refractivity contribution in [2.24, 2.45) is 40.4 Å². The van der Waals surface area contributed by atoms with Crippen molar-refractivity contribution in [1.82, 2.24) is 0 Å². The van der Waals surface area contributed by atoms with Crippen molar-refractivity contribution >= 4 is 16.2 Å². The molecular weight excluding hydrogens is 1150 g/mol. The monoisotopic (exact) mass is 1240 g/mol. The van der Waals surface area contributed by atoms with Crippen molar-refractivity contribution in [2.45, 2.75) is 272 Å². The van der Waals surface area contributed by atoms with Gasteiger partial charge in [0.2, 0.25) is 10.4 Å². The quantitative estimate of drug-likeness (QED) is 0.0280. The zero-order valence-electron chi connectivity index (χ0n) is 49.1. The maximum Gasteiger partial charge on any atom is 1.00 e. The minimum Gasteiger partial charge on any atom is -0.726 e. The van der Waals surface area contributed by atoms with Gasteiger partial charge in [-0.15, -0.1) is 0 Å². The number of aliphatic hydroxyl groups is 12. The number of aliphatic hydroxyl groups excluding tert-OH is 11. The number of fused-ring (bicyclic) bond motifs is 5. The molecule has 5 heterocycles. The molecule has 9 rings (SSSR count). The number of Topliss-reactive ketones (excluding diaryl/α,β-unsaturated/α-hetero) is 1. The normalized spacial score (nSPS) is 50.7. The molecule has 4 aliphatic carbocycles. The van der Waals surface area contributed by atoms with Crippen molar-refractivity contribution in [3.63, 3.8) is 0 Å². The minimum absolute atomic E-state index is 0. The molecule has 0 amide bonds. The number of rotatable bonds is 17. The van der Waals surface area contributed by atoms with Gasteiger partial charge in [-0.1, -0.05) is 39.3 Å². The second kappa shape index (κ2) is 26.9. The second-order valence-electron chi connectivity index (χ2n) is 26.2. The number of hydrogen-bond acceptors (Lipinski definition) is 27. The average Bonchev–Trinajstić information content (AvgIpc) is 1.37. The molecule has 27 nitrogen and oxygen atoms in total. The molecular formula is C55H89NaO27S. The van der Waals surface area contributed by atoms with Crippen molar-refractivity contribution < 1.29 is 160 Å². The Balaban J connectivity index is 0.00000920. The first-order chi connectivity index (χ1) is 38.7. The number of carbonyl (C=O) groups excluding carboxylic acids is 1. The number of hydrogen-bond donors (Lipinski definition) is 12. The summed E-state index contributed by atoms with van der Waals surface area (Å²) in [6.45, 7) is 13.0. The molecule has 8 fully saturated rings. The summed E-state index contributed by atoms with van der Waals surface area (Å²) < 4.78 is 102. The summed E-state index contributed by atoms with van der Waals surface area (Å²) in [5.41, 5.74) is -1.26. The Hall–Kier alpha value is -0.600. The minimum atomic E-state index is -5.12. The first kappa shape index (κ1) is 69.3. The molecule has 0 spiro atoms. The molecule has 0 aromatic rings. The van der Waals surface area contributed by atoms with Gasteiger partial charge in [-0.2, -0.15) is 0 Å². The van der Waals surface area contributed by atoms with E-state index < -0.39 is 199 Å². The van der Waals surface area contributed by atoms with E-state index in [1.807, 2.05) is 13.8 Å². The third-order valence-corrected chi connectivity index (χ3v) is 20.4. The van der Waals surface area contributed by atoms with Crippen LogP contribution in [0.3, 0.4) is 0 Å². The van der Waals surface area contributed by atoms with E-state index in [0.717, 1.165) is 12.0 Å². The maximum absolute atomic E-state index is 13.2. The second-order valence-corrected chi connectivity index (χ2v) is 27.2. The van der Waals surface area contributed by atoms with E-state index >= 15 is 0 Å². The van der Waals surface area contributed by atoms with Crippen LogP contribution in [0.1, 0.15) is 113 Å². The molecule has 0 unspecified atom stereocenters. The number of ketones is 1. The van der Waals surface area contributed by atoms with Crippen molar-refractivity contribution in [2.75, 3.05) is 13.2 Å². The van der Waals surface area contributed by atoms with Gasteiger partial charge in [-0.05, 0) is 113 Å². The van der Waals surface area contributed by atoms with Crippen LogP contribution in [0.15, 0.2) is 11.6 Å². The SMILES string of the molecule is CC(C)CC(=O)C[C@](C)(O)[C@H]1CC[C@H]2[C@@H]3C[C@H](O[C@@H]4O[C@H](C)[C@@H](O)[C@H](O[C@@H]5OC[C@@H](O[C@@H]6OC[C@@H](O)[C@H](O)[C@H]6O[C@@H]6O[C@H](C)[C@H](O)[C@H](O)[C@H]6O)[C@H](O)[C@H]5O[C@@H]5O[C@H](C)[C@@H](O)[C@H](O)[C@H]5O)[C@H]4O)[C@H]4C[C@@H](OS(=O)(=O)[O-])CC[C@]4(C)C3=CC[C@@]21C.[Na+]. The Kier molecular flexibility index (Phi) is 22.2. The van der Waals surface area contributed by atoms with Crippen molar-refractivity contribution in [3.8, 4) is 0 Å². The number of allylic oxidation sites excluding steroid dienone is 2. The van der Waals surface area contributed by atoms with Crippen LogP contribution in [0.5, 0.6) is 0 Å². The first-order valence-electron chi connectivity index (χ1n) is 29.3. The molecule has 9 aliphatic rings. The summed E-state index contributed by atoms with van der Waals surface area (Å²) in [6.07, 6.45) is -34.2. The standard InChI is InChI=1S/C55H90O27S.Na/c1-21(2)15-25(56)18-55(8,68)34-10-9-28-27-17-32(30-16-26(82-83(69,70)71)11-13-53(30,6)29(27)12-14-54(28,34)7)77-50-44(67)45(37(60)24(5)76-50)79-52-47(81-49-43(66)41(64)36(59)23(4)75-49)39(62)33(20-73-52)78-51-46(38(61)31(57)19-72-51)80-48-42(65)40(63)35(58)22(3)74-48;/h12,21-24,26-28,30-52,57-68H,9-11,13-20H2,1-8H3,(H,69,70,71);/q;+1/p-1/t22-,23-,24-,26+,27+,28+,30-,31-,32+,33-,34+,35+,36-,37-,38+,39+,40+,41+,42-,43-,44-,45+,46-,47-,48+,49+,50+,51+,52+,53-,54+,55+;/m1./s1. The molecule has 0 aromatic carbocycles. The van der Waals surface area contributed by atoms with Crippen LogP contribution in [-0.4, -0.2) is 252 Å². The van der Waals surface area contributed by atoms with Crippen LogP contribution < -0.4 is 29.6 Å². The summed E-state index contributed by atoms with van der Waals surface area (Å²) in [5.74, 6) is -0.796. The summed E-state index contributed by atoms with van der Waals surface area (Å²) in [7, 11) is -5.12. The fraction of sp³-hybridized carbons (Fsp3) is 0.945. The van der Waals surface area contributed by atoms with Gasteiger partial charge in [0.1, 0.15) is 97.3 Å². The van der Waals surface area contributed by atoms with E-state index in [1.54, 1.807) is 6.92 Å². The zero-order valence-corrected chi connectivity index (χ0v) is 51.9. The molecule has 5 saturated heterocycles. The van der Waals surface area contributed by atoms with Gasteiger partial charge < -0.3 is 113 Å². The third-order valence-electron chi connectivity index (χ3n) is 19.9. The van der Waals surface area contributed by atoms with Gasteiger partial charge in [-0.3, -0.25) is 8.98 Å². The van der Waals surface area contributed by atoms with Crippen LogP contribution in [0, 0.1) is 40.4 Å². The van der Waals surface area contributed by atoms with E-state index in [-0.39, 0.29) is 78.3 Å². The van der Waals surface area contributed by atoms with Gasteiger partial charge in [0, 0.05) is 12.8 Å². The predicted molar refractivity (Wildman–Crippen MR) is 278 cm³/mol. The third kappa shape index (κ3) is 13.9. The summed E-state index contributed by atoms with van der Waals surface area (Å²) in [6, 6.07) is 0. The molecule has 32 atom stereocenters. The smallest absolute Gasteiger partial charge is 0.726 e. The first-order valence-corrected chi connectivity index (χ1v) is 30.6. The van der Waals surface area contributed by atoms with Crippen molar-refractivity contribution in [1.29, 1.82) is 0 Å². The van der Waals surface area contributed by atoms with E-state index in [1.165, 1.54) is 20.8 Å². The fourth-order valence-electron chi connectivity index (χ4n) is 15.5. The largest absolute Gasteiger partial charge is 1.00 e. The van der Waals surface area contributed by atoms with Gasteiger partial charge in [0.15, 0.2) is 31.5 Å². The fourth-order valence-corrected chi connectivity index (χ4v) is 16.0. The van der Waals surface area contributed by atoms with Gasteiger partial charge in [0.05, 0.1) is 49.3 Å². The molecule has 0 radical (unpaired) electrons. The number of ether oxygens (including phenoxy) is 10. The zero-order chi connectivity index (χ0) is 60.7. The average molecular weight is 1240 g/mol. The summed E-state index contributed by atoms with van der Waals surface area (Å²) in [4.78, 5) is 13.2. The van der Waals surface area contributed by atoms with Crippen molar-refractivity contribution in [3.05, 3.63) is 11.6 Å². The van der Waals surface area contributed by atoms with E-state index in [4.69, 9.17) is 51.6 Å². The molecule has 0 aromatic heterocycles. The molecule has 0 bridgehead atoms. The van der Waals surface area contributed by atoms with Gasteiger partial charge >= 0.3 is 29.6 Å². The van der Waals surface area contributed by atoms with E-state index in [0.29, 0.717) is 32.1 Å². The van der Waals surface area contributed by atoms with Gasteiger partial charge in [0.25, 0.3) is 0 Å². The molecule has 84 heavy (non-hydrogen) atoms. The Morgan fingerprint density at radius 2 is 1.18 bits per heavy atom. The van der Waals surface area contributed by atoms with E-state index in [2.05, 4.69) is 19.9 Å². The van der Waals surface area contributed by atoms with Crippen LogP contribution in [-0.2, 0) is 66.7 Å². The molecule has 478 valence electrons. The van der Waals surface area contributed by atoms with Gasteiger partial charge in [-0.25, -0.2) is 8.42 Å². The van der Waals surface area contributed by atoms with Crippen LogP contribution >= 0.6 is 0 Å². The molecule has 5 aliphatic heterocycles. The Morgan fingerprint density at radius 1 is 0.655 bits per heavy atom. The Morgan fingerprint density at radius 3 is 1.76 bits per heavy atom. The Labute approximate surface area is 511 Å². The molecule has 3 saturated carbocycles. The van der Waals surface area contributed by atoms with Crippen LogP contribution in [0.25, 0.3) is 0 Å². The number of carbonyl (C=O) groups is 1. The topological polar surface area (TPSA) is 419 Å². The predicted octanol–water partition coefficient (Wildman–Crippen LogP) is -5.38.